The summed E-state index contributed by atoms with van der Waals surface area (Å²) in [5.41, 5.74) is 3.22. The molecule has 0 aromatic carbocycles. The SMILES string of the molecule is CCc1[nH]c(C=O)c2c1C(=O)CC2. The molecule has 0 unspecified atom stereocenters. The van der Waals surface area contributed by atoms with Crippen LogP contribution in [0.25, 0.3) is 0 Å². The normalized spacial score (nSPS) is 14.7. The molecule has 1 heterocycles. The second-order valence-corrected chi connectivity index (χ2v) is 3.27. The predicted octanol–water partition coefficient (Wildman–Crippen LogP) is 1.52. The predicted molar refractivity (Wildman–Crippen MR) is 48.2 cm³/mol. The molecule has 1 N–H and O–H groups in total. The van der Waals surface area contributed by atoms with E-state index in [0.29, 0.717) is 12.1 Å². The lowest BCUT2D eigenvalue weighted by Crippen LogP contribution is -1.95. The van der Waals surface area contributed by atoms with Crippen LogP contribution in [0.4, 0.5) is 0 Å². The first-order valence-electron chi connectivity index (χ1n) is 4.50. The molecule has 68 valence electrons. The van der Waals surface area contributed by atoms with Crippen molar-refractivity contribution in [1.29, 1.82) is 0 Å². The molecule has 13 heavy (non-hydrogen) atoms. The van der Waals surface area contributed by atoms with Gasteiger partial charge in [-0.2, -0.15) is 0 Å². The maximum Gasteiger partial charge on any atom is 0.166 e. The average molecular weight is 177 g/mol. The number of aromatic nitrogens is 1. The standard InChI is InChI=1S/C10H11NO2/c1-2-7-10-6(3-4-9(10)13)8(5-12)11-7/h5,11H,2-4H2,1H3. The summed E-state index contributed by atoms with van der Waals surface area (Å²) >= 11 is 0. The number of H-pyrrole nitrogens is 1. The summed E-state index contributed by atoms with van der Waals surface area (Å²) in [4.78, 5) is 25.1. The van der Waals surface area contributed by atoms with Crippen LogP contribution in [0.3, 0.4) is 0 Å². The molecule has 0 saturated heterocycles. The summed E-state index contributed by atoms with van der Waals surface area (Å²) in [6, 6.07) is 0. The minimum Gasteiger partial charge on any atom is -0.355 e. The zero-order chi connectivity index (χ0) is 9.42. The Labute approximate surface area is 76.1 Å². The Morgan fingerprint density at radius 2 is 2.23 bits per heavy atom. The van der Waals surface area contributed by atoms with Gasteiger partial charge in [0, 0.05) is 17.7 Å². The number of Topliss-reactive ketones (excluding diaryl/α,β-unsaturated/α-hetero) is 1. The average Bonchev–Trinajstić information content (AvgIpc) is 2.67. The van der Waals surface area contributed by atoms with E-state index in [9.17, 15) is 9.59 Å². The summed E-state index contributed by atoms with van der Waals surface area (Å²) in [5.74, 6) is 0.177. The van der Waals surface area contributed by atoms with Crippen molar-refractivity contribution < 1.29 is 9.59 Å². The highest BCUT2D eigenvalue weighted by atomic mass is 16.1. The molecule has 1 aromatic rings. The van der Waals surface area contributed by atoms with Crippen molar-refractivity contribution in [2.45, 2.75) is 26.2 Å². The van der Waals surface area contributed by atoms with Crippen LogP contribution in [0.2, 0.25) is 0 Å². The van der Waals surface area contributed by atoms with Crippen LogP contribution in [0.1, 0.15) is 45.4 Å². The second-order valence-electron chi connectivity index (χ2n) is 3.27. The number of carbonyl (C=O) groups excluding carboxylic acids is 2. The molecular weight excluding hydrogens is 166 g/mol. The maximum absolute atomic E-state index is 11.4. The molecule has 1 aliphatic rings. The van der Waals surface area contributed by atoms with Crippen molar-refractivity contribution in [3.05, 3.63) is 22.5 Å². The first-order valence-corrected chi connectivity index (χ1v) is 4.50. The van der Waals surface area contributed by atoms with Crippen LogP contribution in [0.15, 0.2) is 0 Å². The molecular formula is C10H11NO2. The van der Waals surface area contributed by atoms with E-state index in [4.69, 9.17) is 0 Å². The Morgan fingerprint density at radius 1 is 1.46 bits per heavy atom. The molecule has 0 amide bonds. The van der Waals surface area contributed by atoms with Gasteiger partial charge in [-0.15, -0.1) is 0 Å². The van der Waals surface area contributed by atoms with Gasteiger partial charge in [-0.1, -0.05) is 6.92 Å². The van der Waals surface area contributed by atoms with Crippen LogP contribution in [0.5, 0.6) is 0 Å². The van der Waals surface area contributed by atoms with Gasteiger partial charge < -0.3 is 4.98 Å². The highest BCUT2D eigenvalue weighted by Crippen LogP contribution is 2.28. The van der Waals surface area contributed by atoms with E-state index in [-0.39, 0.29) is 5.78 Å². The highest BCUT2D eigenvalue weighted by Gasteiger charge is 2.27. The van der Waals surface area contributed by atoms with Gasteiger partial charge in [-0.3, -0.25) is 9.59 Å². The van der Waals surface area contributed by atoms with Crippen molar-refractivity contribution >= 4 is 12.1 Å². The van der Waals surface area contributed by atoms with E-state index >= 15 is 0 Å². The van der Waals surface area contributed by atoms with E-state index in [0.717, 1.165) is 35.9 Å². The van der Waals surface area contributed by atoms with Crippen LogP contribution in [-0.2, 0) is 12.8 Å². The molecule has 0 aliphatic heterocycles. The summed E-state index contributed by atoms with van der Waals surface area (Å²) < 4.78 is 0. The first kappa shape index (κ1) is 8.23. The van der Waals surface area contributed by atoms with Crippen molar-refractivity contribution in [2.24, 2.45) is 0 Å². The highest BCUT2D eigenvalue weighted by molar-refractivity contribution is 6.03. The maximum atomic E-state index is 11.4. The van der Waals surface area contributed by atoms with E-state index in [1.165, 1.54) is 0 Å². The lowest BCUT2D eigenvalue weighted by Gasteiger charge is -1.93. The zero-order valence-electron chi connectivity index (χ0n) is 7.52. The fourth-order valence-electron chi connectivity index (χ4n) is 1.94. The topological polar surface area (TPSA) is 49.9 Å². The fourth-order valence-corrected chi connectivity index (χ4v) is 1.94. The number of fused-ring (bicyclic) bond motifs is 1. The van der Waals surface area contributed by atoms with Gasteiger partial charge in [0.15, 0.2) is 12.1 Å². The summed E-state index contributed by atoms with van der Waals surface area (Å²) in [7, 11) is 0. The Bertz CT molecular complexity index is 377. The van der Waals surface area contributed by atoms with Gasteiger partial charge in [0.25, 0.3) is 0 Å². The van der Waals surface area contributed by atoms with Gasteiger partial charge >= 0.3 is 0 Å². The largest absolute Gasteiger partial charge is 0.355 e. The van der Waals surface area contributed by atoms with Gasteiger partial charge in [0.05, 0.1) is 5.69 Å². The smallest absolute Gasteiger partial charge is 0.166 e. The summed E-state index contributed by atoms with van der Waals surface area (Å²) in [6.07, 6.45) is 2.87. The van der Waals surface area contributed by atoms with E-state index in [1.807, 2.05) is 6.92 Å². The Kier molecular flexibility index (Phi) is 1.79. The number of nitrogens with one attached hydrogen (secondary N) is 1. The number of hydrogen-bond acceptors (Lipinski definition) is 2. The quantitative estimate of drug-likeness (QED) is 0.696. The van der Waals surface area contributed by atoms with Gasteiger partial charge in [0.1, 0.15) is 0 Å². The number of aryl methyl sites for hydroxylation is 1. The molecule has 3 heteroatoms. The molecule has 1 aromatic heterocycles. The van der Waals surface area contributed by atoms with Crippen LogP contribution < -0.4 is 0 Å². The van der Waals surface area contributed by atoms with Crippen molar-refractivity contribution in [3.8, 4) is 0 Å². The fraction of sp³-hybridized carbons (Fsp3) is 0.400. The monoisotopic (exact) mass is 177 g/mol. The number of ketones is 1. The number of rotatable bonds is 2. The minimum absolute atomic E-state index is 0.177. The molecule has 0 bridgehead atoms. The zero-order valence-corrected chi connectivity index (χ0v) is 7.52. The molecule has 0 saturated carbocycles. The van der Waals surface area contributed by atoms with Crippen LogP contribution in [0, 0.1) is 0 Å². The third-order valence-corrected chi connectivity index (χ3v) is 2.57. The number of aldehydes is 1. The van der Waals surface area contributed by atoms with E-state index in [1.54, 1.807) is 0 Å². The summed E-state index contributed by atoms with van der Waals surface area (Å²) in [5, 5.41) is 0. The van der Waals surface area contributed by atoms with E-state index in [2.05, 4.69) is 4.98 Å². The van der Waals surface area contributed by atoms with Crippen molar-refractivity contribution in [2.75, 3.05) is 0 Å². The number of carbonyl (C=O) groups is 2. The molecule has 1 aliphatic carbocycles. The van der Waals surface area contributed by atoms with Crippen molar-refractivity contribution in [3.63, 3.8) is 0 Å². The lowest BCUT2D eigenvalue weighted by molar-refractivity contribution is 0.0993. The lowest BCUT2D eigenvalue weighted by atomic mass is 10.1. The third kappa shape index (κ3) is 1.03. The van der Waals surface area contributed by atoms with Gasteiger partial charge in [-0.05, 0) is 18.4 Å². The molecule has 0 fully saturated rings. The molecule has 2 rings (SSSR count). The Hall–Kier alpha value is -1.38. The van der Waals surface area contributed by atoms with Crippen LogP contribution >= 0.6 is 0 Å². The third-order valence-electron chi connectivity index (χ3n) is 2.57. The summed E-state index contributed by atoms with van der Waals surface area (Å²) in [6.45, 7) is 1.98. The Morgan fingerprint density at radius 3 is 2.85 bits per heavy atom. The number of hydrogen-bond donors (Lipinski definition) is 1. The molecule has 0 atom stereocenters. The Balaban J connectivity index is 2.63. The van der Waals surface area contributed by atoms with E-state index < -0.39 is 0 Å². The minimum atomic E-state index is 0.177. The van der Waals surface area contributed by atoms with Gasteiger partial charge in [0.2, 0.25) is 0 Å². The van der Waals surface area contributed by atoms with Crippen LogP contribution in [-0.4, -0.2) is 17.1 Å². The number of aromatic amines is 1. The molecule has 3 nitrogen and oxygen atoms in total. The molecule has 0 radical (unpaired) electrons. The first-order chi connectivity index (χ1) is 6.27. The molecule has 0 spiro atoms. The van der Waals surface area contributed by atoms with Crippen molar-refractivity contribution in [1.82, 2.24) is 4.98 Å². The van der Waals surface area contributed by atoms with Gasteiger partial charge in [-0.25, -0.2) is 0 Å². The second kappa shape index (κ2) is 2.83.